The van der Waals surface area contributed by atoms with E-state index in [1.165, 1.54) is 7.05 Å². The number of hydrogen-bond acceptors (Lipinski definition) is 5. The van der Waals surface area contributed by atoms with Crippen LogP contribution in [0.1, 0.15) is 12.8 Å². The summed E-state index contributed by atoms with van der Waals surface area (Å²) in [7, 11) is -3.75. The van der Waals surface area contributed by atoms with Gasteiger partial charge in [-0.05, 0) is 18.8 Å². The van der Waals surface area contributed by atoms with Gasteiger partial charge in [-0.3, -0.25) is 14.7 Å². The Hall–Kier alpha value is -1.36. The van der Waals surface area contributed by atoms with Crippen molar-refractivity contribution in [2.75, 3.05) is 46.3 Å². The number of alkyl halides is 3. The third-order valence-corrected chi connectivity index (χ3v) is 6.18. The zero-order chi connectivity index (χ0) is 20.9. The van der Waals surface area contributed by atoms with Gasteiger partial charge in [0.15, 0.2) is 5.96 Å². The van der Waals surface area contributed by atoms with Crippen molar-refractivity contribution in [2.45, 2.75) is 18.3 Å². The molecule has 0 aromatic carbocycles. The Morgan fingerprint density at radius 2 is 1.86 bits per heavy atom. The quantitative estimate of drug-likeness (QED) is 0.182. The summed E-state index contributed by atoms with van der Waals surface area (Å²) >= 11 is 0. The maximum absolute atomic E-state index is 12.6. The molecule has 10 nitrogen and oxygen atoms in total. The van der Waals surface area contributed by atoms with E-state index in [0.29, 0.717) is 29.7 Å². The highest BCUT2D eigenvalue weighted by molar-refractivity contribution is 14.0. The fourth-order valence-corrected chi connectivity index (χ4v) is 3.91. The van der Waals surface area contributed by atoms with Gasteiger partial charge in [0.25, 0.3) is 0 Å². The number of carbonyl (C=O) groups excluding carboxylic acids is 2. The van der Waals surface area contributed by atoms with E-state index >= 15 is 0 Å². The van der Waals surface area contributed by atoms with Crippen molar-refractivity contribution >= 4 is 51.9 Å². The third-order valence-electron chi connectivity index (χ3n) is 4.55. The Labute approximate surface area is 183 Å². The second-order valence-corrected chi connectivity index (χ2v) is 8.31. The van der Waals surface area contributed by atoms with Crippen molar-refractivity contribution < 1.29 is 31.2 Å². The van der Waals surface area contributed by atoms with Gasteiger partial charge in [-0.2, -0.15) is 17.5 Å². The number of nitrogens with one attached hydrogen (secondary N) is 3. The number of urea groups is 1. The van der Waals surface area contributed by atoms with Gasteiger partial charge in [0, 0.05) is 39.8 Å². The monoisotopic (exact) mass is 556 g/mol. The summed E-state index contributed by atoms with van der Waals surface area (Å²) in [5.41, 5.74) is -5.28. The lowest BCUT2D eigenvalue weighted by Crippen LogP contribution is -2.48. The maximum Gasteiger partial charge on any atom is 0.511 e. The van der Waals surface area contributed by atoms with E-state index in [-0.39, 0.29) is 68.5 Å². The standard InChI is InChI=1S/C14H23F3N6O4S.HI/c1-18-12(19-4-7-23-11(24)9-21-13(23)25)20-8-10-2-5-22(6-3-10)28(26,27)14(15,16)17;/h10H,2-9H2,1H3,(H,21,25)(H2,18,19,20);1H. The molecule has 0 aliphatic carbocycles. The van der Waals surface area contributed by atoms with Crippen LogP contribution < -0.4 is 16.0 Å². The molecule has 15 heteroatoms. The number of rotatable bonds is 6. The average Bonchev–Trinajstić information content (AvgIpc) is 2.95. The van der Waals surface area contributed by atoms with Crippen LogP contribution in [0.25, 0.3) is 0 Å². The minimum absolute atomic E-state index is 0. The van der Waals surface area contributed by atoms with E-state index in [1.807, 2.05) is 0 Å². The number of imide groups is 1. The number of piperidine rings is 1. The highest BCUT2D eigenvalue weighted by atomic mass is 127. The molecule has 2 heterocycles. The normalized spacial score (nSPS) is 19.7. The van der Waals surface area contributed by atoms with Crippen LogP contribution in [0.15, 0.2) is 4.99 Å². The van der Waals surface area contributed by atoms with Crippen LogP contribution in [-0.4, -0.2) is 87.3 Å². The first kappa shape index (κ1) is 25.7. The third kappa shape index (κ3) is 6.56. The van der Waals surface area contributed by atoms with E-state index in [2.05, 4.69) is 20.9 Å². The molecule has 2 saturated heterocycles. The average molecular weight is 556 g/mol. The first-order chi connectivity index (χ1) is 13.1. The molecule has 0 bridgehead atoms. The summed E-state index contributed by atoms with van der Waals surface area (Å²) in [6, 6.07) is -0.449. The lowest BCUT2D eigenvalue weighted by atomic mass is 9.98. The second kappa shape index (κ2) is 10.6. The highest BCUT2D eigenvalue weighted by Gasteiger charge is 2.50. The van der Waals surface area contributed by atoms with Gasteiger partial charge < -0.3 is 16.0 Å². The van der Waals surface area contributed by atoms with Crippen molar-refractivity contribution in [2.24, 2.45) is 10.9 Å². The zero-order valence-electron chi connectivity index (χ0n) is 15.7. The van der Waals surface area contributed by atoms with Crippen LogP contribution in [0, 0.1) is 5.92 Å². The highest BCUT2D eigenvalue weighted by Crippen LogP contribution is 2.30. The number of aliphatic imine (C=N–C) groups is 1. The lowest BCUT2D eigenvalue weighted by Gasteiger charge is -2.31. The Morgan fingerprint density at radius 3 is 2.34 bits per heavy atom. The van der Waals surface area contributed by atoms with E-state index < -0.39 is 21.6 Å². The molecular weight excluding hydrogens is 532 g/mol. The van der Waals surface area contributed by atoms with Gasteiger partial charge in [0.05, 0.1) is 6.54 Å². The predicted molar refractivity (Wildman–Crippen MR) is 109 cm³/mol. The number of hydrogen-bond donors (Lipinski definition) is 3. The van der Waals surface area contributed by atoms with Crippen molar-refractivity contribution in [1.29, 1.82) is 0 Å². The van der Waals surface area contributed by atoms with Crippen LogP contribution in [0.3, 0.4) is 0 Å². The molecule has 2 rings (SSSR count). The summed E-state index contributed by atoms with van der Waals surface area (Å²) in [6.07, 6.45) is 0.587. The molecule has 29 heavy (non-hydrogen) atoms. The van der Waals surface area contributed by atoms with Crippen molar-refractivity contribution in [3.05, 3.63) is 0 Å². The van der Waals surface area contributed by atoms with Gasteiger partial charge in [0.1, 0.15) is 0 Å². The van der Waals surface area contributed by atoms with E-state index in [9.17, 15) is 31.2 Å². The van der Waals surface area contributed by atoms with E-state index in [4.69, 9.17) is 0 Å². The molecule has 0 radical (unpaired) electrons. The van der Waals surface area contributed by atoms with Gasteiger partial charge in [-0.15, -0.1) is 24.0 Å². The summed E-state index contributed by atoms with van der Waals surface area (Å²) in [5, 5.41) is 8.37. The van der Waals surface area contributed by atoms with E-state index in [0.717, 1.165) is 4.90 Å². The summed E-state index contributed by atoms with van der Waals surface area (Å²) in [6.45, 7) is 0.455. The molecule has 0 aromatic rings. The molecule has 0 aromatic heterocycles. The number of carbonyl (C=O) groups is 2. The molecule has 0 saturated carbocycles. The Morgan fingerprint density at radius 1 is 1.24 bits per heavy atom. The largest absolute Gasteiger partial charge is 0.511 e. The zero-order valence-corrected chi connectivity index (χ0v) is 18.8. The SMILES string of the molecule is CN=C(NCCN1C(=O)CNC1=O)NCC1CCN(S(=O)(=O)C(F)(F)F)CC1.I. The Bertz CT molecular complexity index is 709. The molecule has 168 valence electrons. The molecule has 3 amide bonds. The number of nitrogens with zero attached hydrogens (tertiary/aromatic N) is 3. The molecule has 0 unspecified atom stereocenters. The number of guanidine groups is 1. The fourth-order valence-electron chi connectivity index (χ4n) is 2.93. The van der Waals surface area contributed by atoms with Gasteiger partial charge in [-0.25, -0.2) is 13.2 Å². The number of amides is 3. The summed E-state index contributed by atoms with van der Waals surface area (Å²) in [5.74, 6) is 0.0943. The van der Waals surface area contributed by atoms with Crippen molar-refractivity contribution in [3.8, 4) is 0 Å². The van der Waals surface area contributed by atoms with Gasteiger partial charge in [0.2, 0.25) is 5.91 Å². The molecule has 2 fully saturated rings. The molecule has 3 N–H and O–H groups in total. The molecule has 0 atom stereocenters. The minimum Gasteiger partial charge on any atom is -0.356 e. The first-order valence-corrected chi connectivity index (χ1v) is 10.1. The maximum atomic E-state index is 12.6. The smallest absolute Gasteiger partial charge is 0.356 e. The van der Waals surface area contributed by atoms with Crippen LogP contribution in [0.4, 0.5) is 18.0 Å². The van der Waals surface area contributed by atoms with Crippen molar-refractivity contribution in [3.63, 3.8) is 0 Å². The molecule has 0 spiro atoms. The van der Waals surface area contributed by atoms with Crippen LogP contribution in [0.2, 0.25) is 0 Å². The van der Waals surface area contributed by atoms with Crippen LogP contribution >= 0.6 is 24.0 Å². The Kier molecular flexibility index (Phi) is 9.39. The molecule has 2 aliphatic rings. The van der Waals surface area contributed by atoms with Crippen molar-refractivity contribution in [1.82, 2.24) is 25.2 Å². The van der Waals surface area contributed by atoms with Gasteiger partial charge in [-0.1, -0.05) is 0 Å². The first-order valence-electron chi connectivity index (χ1n) is 8.65. The molecule has 2 aliphatic heterocycles. The van der Waals surface area contributed by atoms with Crippen LogP contribution in [0.5, 0.6) is 0 Å². The fraction of sp³-hybridized carbons (Fsp3) is 0.786. The molecular formula is C14H24F3IN6O4S. The lowest BCUT2D eigenvalue weighted by molar-refractivity contribution is -0.124. The minimum atomic E-state index is -5.28. The second-order valence-electron chi connectivity index (χ2n) is 6.38. The number of sulfonamides is 1. The van der Waals surface area contributed by atoms with Crippen LogP contribution in [-0.2, 0) is 14.8 Å². The number of halogens is 4. The Balaban J connectivity index is 0.00000420. The topological polar surface area (TPSA) is 123 Å². The summed E-state index contributed by atoms with van der Waals surface area (Å²) in [4.78, 5) is 28.0. The summed E-state index contributed by atoms with van der Waals surface area (Å²) < 4.78 is 61.0. The predicted octanol–water partition coefficient (Wildman–Crippen LogP) is -0.117. The van der Waals surface area contributed by atoms with Gasteiger partial charge >= 0.3 is 21.6 Å². The van der Waals surface area contributed by atoms with E-state index in [1.54, 1.807) is 0 Å².